The van der Waals surface area contributed by atoms with Crippen molar-refractivity contribution in [2.75, 3.05) is 26.2 Å². The van der Waals surface area contributed by atoms with E-state index in [4.69, 9.17) is 9.15 Å². The Kier molecular flexibility index (Phi) is 8.24. The van der Waals surface area contributed by atoms with Gasteiger partial charge in [0.1, 0.15) is 23.8 Å². The van der Waals surface area contributed by atoms with Crippen LogP contribution in [0.2, 0.25) is 0 Å². The Balaban J connectivity index is 1.26. The fraction of sp³-hybridized carbons (Fsp3) is 0.448. The van der Waals surface area contributed by atoms with Gasteiger partial charge >= 0.3 is 0 Å². The third-order valence-corrected chi connectivity index (χ3v) is 6.56. The van der Waals surface area contributed by atoms with Crippen molar-refractivity contribution in [3.8, 4) is 17.2 Å². The van der Waals surface area contributed by atoms with Gasteiger partial charge in [-0.15, -0.1) is 0 Å². The van der Waals surface area contributed by atoms with Crippen LogP contribution < -0.4 is 10.1 Å². The van der Waals surface area contributed by atoms with Gasteiger partial charge in [0.25, 0.3) is 5.91 Å². The van der Waals surface area contributed by atoms with Gasteiger partial charge in [-0.2, -0.15) is 0 Å². The first-order valence-electron chi connectivity index (χ1n) is 12.6. The largest absolute Gasteiger partial charge is 0.487 e. The summed E-state index contributed by atoms with van der Waals surface area (Å²) in [6.07, 6.45) is 2.28. The van der Waals surface area contributed by atoms with E-state index in [1.807, 2.05) is 62.4 Å². The van der Waals surface area contributed by atoms with Crippen LogP contribution in [0.25, 0.3) is 11.5 Å². The normalized spacial score (nSPS) is 18.4. The lowest BCUT2D eigenvalue weighted by Gasteiger charge is -2.34. The third-order valence-electron chi connectivity index (χ3n) is 6.56. The first-order valence-corrected chi connectivity index (χ1v) is 12.6. The number of ether oxygens (including phenoxy) is 1. The Hall–Kier alpha value is -3.12. The van der Waals surface area contributed by atoms with Gasteiger partial charge in [-0.1, -0.05) is 31.5 Å². The average Bonchev–Trinajstić information content (AvgIpc) is 3.21. The summed E-state index contributed by atoms with van der Waals surface area (Å²) >= 11 is 0. The zero-order valence-electron chi connectivity index (χ0n) is 21.3. The van der Waals surface area contributed by atoms with Gasteiger partial charge < -0.3 is 19.4 Å². The number of aryl methyl sites for hydroxylation is 2. The quantitative estimate of drug-likeness (QED) is 0.406. The molecule has 35 heavy (non-hydrogen) atoms. The number of carbonyl (C=O) groups excluding carboxylic acids is 1. The number of rotatable bonds is 9. The van der Waals surface area contributed by atoms with Crippen molar-refractivity contribution >= 4 is 5.91 Å². The molecule has 2 heterocycles. The number of nitrogens with zero attached hydrogens (tertiary/aromatic N) is 2. The maximum absolute atomic E-state index is 12.6. The maximum Gasteiger partial charge on any atom is 0.251 e. The van der Waals surface area contributed by atoms with Gasteiger partial charge in [-0.25, -0.2) is 4.98 Å². The zero-order chi connectivity index (χ0) is 24.8. The van der Waals surface area contributed by atoms with Crippen molar-refractivity contribution in [2.45, 2.75) is 47.1 Å². The van der Waals surface area contributed by atoms with Crippen LogP contribution in [0.1, 0.15) is 54.1 Å². The monoisotopic (exact) mass is 475 g/mol. The number of hydrogen-bond donors (Lipinski definition) is 1. The molecule has 1 saturated heterocycles. The van der Waals surface area contributed by atoms with Crippen LogP contribution in [0.4, 0.5) is 0 Å². The van der Waals surface area contributed by atoms with E-state index in [-0.39, 0.29) is 5.91 Å². The lowest BCUT2D eigenvalue weighted by molar-refractivity contribution is 0.0947. The lowest BCUT2D eigenvalue weighted by Crippen LogP contribution is -2.40. The molecule has 1 aliphatic heterocycles. The van der Waals surface area contributed by atoms with E-state index in [1.54, 1.807) is 0 Å². The highest BCUT2D eigenvalue weighted by Gasteiger charge is 2.21. The van der Waals surface area contributed by atoms with E-state index in [2.05, 4.69) is 29.0 Å². The van der Waals surface area contributed by atoms with Gasteiger partial charge in [0.05, 0.1) is 0 Å². The molecule has 6 heteroatoms. The maximum atomic E-state index is 12.6. The minimum absolute atomic E-state index is 0.0484. The molecular weight excluding hydrogens is 438 g/mol. The fourth-order valence-corrected chi connectivity index (χ4v) is 4.82. The Labute approximate surface area is 208 Å². The predicted molar refractivity (Wildman–Crippen MR) is 139 cm³/mol. The highest BCUT2D eigenvalue weighted by Crippen LogP contribution is 2.24. The molecule has 4 rings (SSSR count). The molecule has 0 saturated carbocycles. The molecule has 1 aromatic heterocycles. The number of benzene rings is 2. The van der Waals surface area contributed by atoms with Crippen LogP contribution in [0.15, 0.2) is 52.9 Å². The third kappa shape index (κ3) is 6.95. The molecule has 1 aliphatic rings. The molecule has 2 aromatic carbocycles. The second kappa shape index (κ2) is 11.5. The van der Waals surface area contributed by atoms with Crippen LogP contribution in [-0.4, -0.2) is 42.0 Å². The van der Waals surface area contributed by atoms with Gasteiger partial charge in [-0.05, 0) is 81.5 Å². The average molecular weight is 476 g/mol. The SMILES string of the molecule is Cc1ccc(OCc2nc(-c3ccc(C(=O)NCCCN4C[C@H](C)C[C@H](C)C4)cc3)oc2C)cc1. The summed E-state index contributed by atoms with van der Waals surface area (Å²) in [6, 6.07) is 15.3. The lowest BCUT2D eigenvalue weighted by atomic mass is 9.92. The predicted octanol–water partition coefficient (Wildman–Crippen LogP) is 5.64. The topological polar surface area (TPSA) is 67.6 Å². The number of aromatic nitrogens is 1. The number of oxazole rings is 1. The summed E-state index contributed by atoms with van der Waals surface area (Å²) < 4.78 is 11.7. The van der Waals surface area contributed by atoms with E-state index >= 15 is 0 Å². The van der Waals surface area contributed by atoms with Crippen molar-refractivity contribution in [3.63, 3.8) is 0 Å². The van der Waals surface area contributed by atoms with Crippen LogP contribution in [-0.2, 0) is 6.61 Å². The Morgan fingerprint density at radius 3 is 2.43 bits per heavy atom. The molecule has 2 atom stereocenters. The van der Waals surface area contributed by atoms with Crippen LogP contribution in [0, 0.1) is 25.7 Å². The Bertz CT molecular complexity index is 1100. The summed E-state index contributed by atoms with van der Waals surface area (Å²) in [4.78, 5) is 19.7. The highest BCUT2D eigenvalue weighted by atomic mass is 16.5. The zero-order valence-corrected chi connectivity index (χ0v) is 21.3. The molecule has 0 bridgehead atoms. The molecule has 0 spiro atoms. The Morgan fingerprint density at radius 1 is 1.06 bits per heavy atom. The molecule has 0 aliphatic carbocycles. The number of amides is 1. The van der Waals surface area contributed by atoms with Gasteiger partial charge in [0.15, 0.2) is 0 Å². The molecule has 3 aromatic rings. The number of nitrogens with one attached hydrogen (secondary N) is 1. The molecule has 1 fully saturated rings. The van der Waals surface area contributed by atoms with E-state index in [9.17, 15) is 4.79 Å². The first kappa shape index (κ1) is 25.0. The van der Waals surface area contributed by atoms with E-state index in [0.29, 0.717) is 24.6 Å². The molecule has 0 unspecified atom stereocenters. The van der Waals surface area contributed by atoms with Crippen molar-refractivity contribution in [1.82, 2.24) is 15.2 Å². The number of likely N-dealkylation sites (tertiary alicyclic amines) is 1. The molecule has 1 N–H and O–H groups in total. The van der Waals surface area contributed by atoms with Crippen molar-refractivity contribution < 1.29 is 13.9 Å². The minimum atomic E-state index is -0.0484. The smallest absolute Gasteiger partial charge is 0.251 e. The second-order valence-corrected chi connectivity index (χ2v) is 10.0. The summed E-state index contributed by atoms with van der Waals surface area (Å²) in [6.45, 7) is 13.0. The van der Waals surface area contributed by atoms with E-state index in [1.165, 1.54) is 25.1 Å². The van der Waals surface area contributed by atoms with Crippen LogP contribution in [0.5, 0.6) is 5.75 Å². The van der Waals surface area contributed by atoms with E-state index < -0.39 is 0 Å². The highest BCUT2D eigenvalue weighted by molar-refractivity contribution is 5.94. The second-order valence-electron chi connectivity index (χ2n) is 10.0. The van der Waals surface area contributed by atoms with Gasteiger partial charge in [0.2, 0.25) is 5.89 Å². The summed E-state index contributed by atoms with van der Waals surface area (Å²) in [5.74, 6) is 3.53. The van der Waals surface area contributed by atoms with Crippen molar-refractivity contribution in [2.24, 2.45) is 11.8 Å². The standard InChI is InChI=1S/C29H37N3O3/c1-20-6-12-26(13-7-20)34-19-27-23(4)35-29(31-27)25-10-8-24(9-11-25)28(33)30-14-5-15-32-17-21(2)16-22(3)18-32/h6-13,21-22H,5,14-19H2,1-4H3,(H,30,33)/t21-,22+. The summed E-state index contributed by atoms with van der Waals surface area (Å²) in [5.41, 5.74) is 3.43. The summed E-state index contributed by atoms with van der Waals surface area (Å²) in [5, 5.41) is 3.05. The van der Waals surface area contributed by atoms with Gasteiger partial charge in [-0.3, -0.25) is 4.79 Å². The first-order chi connectivity index (χ1) is 16.9. The number of hydrogen-bond acceptors (Lipinski definition) is 5. The van der Waals surface area contributed by atoms with Crippen molar-refractivity contribution in [3.05, 3.63) is 71.1 Å². The van der Waals surface area contributed by atoms with E-state index in [0.717, 1.165) is 47.6 Å². The molecular formula is C29H37N3O3. The van der Waals surface area contributed by atoms with Crippen LogP contribution in [0.3, 0.4) is 0 Å². The Morgan fingerprint density at radius 2 is 1.74 bits per heavy atom. The molecule has 6 nitrogen and oxygen atoms in total. The summed E-state index contributed by atoms with van der Waals surface area (Å²) in [7, 11) is 0. The molecule has 0 radical (unpaired) electrons. The molecule has 186 valence electrons. The minimum Gasteiger partial charge on any atom is -0.487 e. The van der Waals surface area contributed by atoms with Crippen LogP contribution >= 0.6 is 0 Å². The number of carbonyl (C=O) groups is 1. The number of piperidine rings is 1. The van der Waals surface area contributed by atoms with Crippen molar-refractivity contribution in [1.29, 1.82) is 0 Å². The fourth-order valence-electron chi connectivity index (χ4n) is 4.82. The molecule has 1 amide bonds. The van der Waals surface area contributed by atoms with Gasteiger partial charge in [0, 0.05) is 30.8 Å².